The Morgan fingerprint density at radius 2 is 1.56 bits per heavy atom. The van der Waals surface area contributed by atoms with Gasteiger partial charge < -0.3 is 10.2 Å². The van der Waals surface area contributed by atoms with E-state index in [1.165, 1.54) is 19.3 Å². The molecule has 1 atom stereocenters. The first-order valence-electron chi connectivity index (χ1n) is 6.45. The average molecular weight is 228 g/mol. The summed E-state index contributed by atoms with van der Waals surface area (Å²) in [4.78, 5) is 11.3. The zero-order valence-electron chi connectivity index (χ0n) is 10.4. The van der Waals surface area contributed by atoms with Crippen LogP contribution in [-0.2, 0) is 4.79 Å². The van der Waals surface area contributed by atoms with E-state index < -0.39 is 11.6 Å². The standard InChI is InChI=1S/C13H24O3/c1-10(2)13(16,12(14)15)11-8-6-4-3-5-7-9-11/h10-11,16H,3-9H2,1-2H3,(H,14,15). The highest BCUT2D eigenvalue weighted by atomic mass is 16.4. The van der Waals surface area contributed by atoms with E-state index in [4.69, 9.17) is 0 Å². The van der Waals surface area contributed by atoms with E-state index in [1.54, 1.807) is 13.8 Å². The number of carbonyl (C=O) groups is 1. The molecular weight excluding hydrogens is 204 g/mol. The van der Waals surface area contributed by atoms with Gasteiger partial charge in [-0.25, -0.2) is 4.79 Å². The van der Waals surface area contributed by atoms with Crippen LogP contribution in [0.15, 0.2) is 0 Å². The van der Waals surface area contributed by atoms with Gasteiger partial charge in [0.25, 0.3) is 0 Å². The molecule has 3 nitrogen and oxygen atoms in total. The Morgan fingerprint density at radius 1 is 1.12 bits per heavy atom. The van der Waals surface area contributed by atoms with Crippen LogP contribution in [-0.4, -0.2) is 21.8 Å². The molecule has 1 fully saturated rings. The second kappa shape index (κ2) is 5.67. The van der Waals surface area contributed by atoms with Crippen molar-refractivity contribution in [2.24, 2.45) is 11.8 Å². The minimum Gasteiger partial charge on any atom is -0.479 e. The van der Waals surface area contributed by atoms with Crippen LogP contribution in [0.2, 0.25) is 0 Å². The molecule has 94 valence electrons. The second-order valence-electron chi connectivity index (χ2n) is 5.33. The Balaban J connectivity index is 2.79. The third-order valence-corrected chi connectivity index (χ3v) is 3.95. The topological polar surface area (TPSA) is 57.5 Å². The number of carboxylic acid groups (broad SMARTS) is 1. The fourth-order valence-corrected chi connectivity index (χ4v) is 2.79. The van der Waals surface area contributed by atoms with Crippen molar-refractivity contribution >= 4 is 5.97 Å². The number of hydrogen-bond acceptors (Lipinski definition) is 2. The fraction of sp³-hybridized carbons (Fsp3) is 0.923. The molecular formula is C13H24O3. The van der Waals surface area contributed by atoms with E-state index >= 15 is 0 Å². The van der Waals surface area contributed by atoms with Gasteiger partial charge in [0.15, 0.2) is 5.60 Å². The van der Waals surface area contributed by atoms with Crippen LogP contribution in [0, 0.1) is 11.8 Å². The van der Waals surface area contributed by atoms with E-state index in [0.29, 0.717) is 0 Å². The Morgan fingerprint density at radius 3 is 1.94 bits per heavy atom. The highest BCUT2D eigenvalue weighted by molar-refractivity contribution is 5.77. The monoisotopic (exact) mass is 228 g/mol. The molecule has 0 aromatic rings. The minimum atomic E-state index is -1.53. The highest BCUT2D eigenvalue weighted by Crippen LogP contribution is 2.36. The van der Waals surface area contributed by atoms with Crippen LogP contribution in [0.4, 0.5) is 0 Å². The third kappa shape index (κ3) is 2.76. The van der Waals surface area contributed by atoms with Crippen molar-refractivity contribution in [3.63, 3.8) is 0 Å². The van der Waals surface area contributed by atoms with Crippen molar-refractivity contribution in [1.29, 1.82) is 0 Å². The smallest absolute Gasteiger partial charge is 0.336 e. The summed E-state index contributed by atoms with van der Waals surface area (Å²) in [5.74, 6) is -1.35. The van der Waals surface area contributed by atoms with E-state index in [0.717, 1.165) is 25.7 Å². The zero-order valence-corrected chi connectivity index (χ0v) is 10.4. The predicted molar refractivity (Wildman–Crippen MR) is 63.2 cm³/mol. The maximum Gasteiger partial charge on any atom is 0.336 e. The molecule has 0 aromatic heterocycles. The summed E-state index contributed by atoms with van der Waals surface area (Å²) in [6.07, 6.45) is 7.39. The number of hydrogen-bond donors (Lipinski definition) is 2. The van der Waals surface area contributed by atoms with Gasteiger partial charge in [0.2, 0.25) is 0 Å². The molecule has 0 radical (unpaired) electrons. The van der Waals surface area contributed by atoms with Crippen molar-refractivity contribution in [2.75, 3.05) is 0 Å². The molecule has 0 amide bonds. The van der Waals surface area contributed by atoms with Crippen LogP contribution >= 0.6 is 0 Å². The lowest BCUT2D eigenvalue weighted by atomic mass is 9.73. The summed E-state index contributed by atoms with van der Waals surface area (Å²) in [5.41, 5.74) is -1.53. The van der Waals surface area contributed by atoms with E-state index in [1.807, 2.05) is 0 Å². The summed E-state index contributed by atoms with van der Waals surface area (Å²) < 4.78 is 0. The lowest BCUT2D eigenvalue weighted by molar-refractivity contribution is -0.173. The maximum absolute atomic E-state index is 11.3. The molecule has 0 bridgehead atoms. The van der Waals surface area contributed by atoms with Crippen molar-refractivity contribution in [1.82, 2.24) is 0 Å². The van der Waals surface area contributed by atoms with Gasteiger partial charge in [-0.2, -0.15) is 0 Å². The van der Waals surface area contributed by atoms with Gasteiger partial charge in [0.1, 0.15) is 0 Å². The van der Waals surface area contributed by atoms with Crippen molar-refractivity contribution in [3.05, 3.63) is 0 Å². The summed E-state index contributed by atoms with van der Waals surface area (Å²) in [6.45, 7) is 3.60. The van der Waals surface area contributed by atoms with Crippen LogP contribution < -0.4 is 0 Å². The number of carboxylic acids is 1. The fourth-order valence-electron chi connectivity index (χ4n) is 2.79. The molecule has 2 N–H and O–H groups in total. The molecule has 3 heteroatoms. The quantitative estimate of drug-likeness (QED) is 0.781. The average Bonchev–Trinajstić information content (AvgIpc) is 2.15. The first-order chi connectivity index (χ1) is 7.49. The first-order valence-corrected chi connectivity index (χ1v) is 6.45. The van der Waals surface area contributed by atoms with Crippen molar-refractivity contribution < 1.29 is 15.0 Å². The van der Waals surface area contributed by atoms with Crippen LogP contribution in [0.1, 0.15) is 58.8 Å². The molecule has 1 aliphatic carbocycles. The van der Waals surface area contributed by atoms with E-state index in [-0.39, 0.29) is 11.8 Å². The van der Waals surface area contributed by atoms with Gasteiger partial charge in [-0.3, -0.25) is 0 Å². The molecule has 1 rings (SSSR count). The Kier molecular flexibility index (Phi) is 4.78. The second-order valence-corrected chi connectivity index (χ2v) is 5.33. The Labute approximate surface area is 97.9 Å². The number of aliphatic hydroxyl groups is 1. The highest BCUT2D eigenvalue weighted by Gasteiger charge is 2.46. The molecule has 0 spiro atoms. The molecule has 16 heavy (non-hydrogen) atoms. The van der Waals surface area contributed by atoms with E-state index in [2.05, 4.69) is 0 Å². The summed E-state index contributed by atoms with van der Waals surface area (Å²) >= 11 is 0. The molecule has 1 unspecified atom stereocenters. The molecule has 0 saturated heterocycles. The van der Waals surface area contributed by atoms with Crippen LogP contribution in [0.3, 0.4) is 0 Å². The summed E-state index contributed by atoms with van der Waals surface area (Å²) in [7, 11) is 0. The first kappa shape index (κ1) is 13.5. The Hall–Kier alpha value is -0.570. The molecule has 0 aliphatic heterocycles. The zero-order chi connectivity index (χ0) is 12.2. The van der Waals surface area contributed by atoms with Gasteiger partial charge in [-0.05, 0) is 24.7 Å². The van der Waals surface area contributed by atoms with Gasteiger partial charge in [-0.1, -0.05) is 46.0 Å². The maximum atomic E-state index is 11.3. The Bertz CT molecular complexity index is 229. The third-order valence-electron chi connectivity index (χ3n) is 3.95. The normalized spacial score (nSPS) is 23.5. The van der Waals surface area contributed by atoms with Gasteiger partial charge in [-0.15, -0.1) is 0 Å². The van der Waals surface area contributed by atoms with Gasteiger partial charge in [0.05, 0.1) is 0 Å². The van der Waals surface area contributed by atoms with E-state index in [9.17, 15) is 15.0 Å². The van der Waals surface area contributed by atoms with Gasteiger partial charge in [0, 0.05) is 0 Å². The molecule has 0 aromatic carbocycles. The minimum absolute atomic E-state index is 0.0784. The predicted octanol–water partition coefficient (Wildman–Crippen LogP) is 2.82. The van der Waals surface area contributed by atoms with Crippen molar-refractivity contribution in [3.8, 4) is 0 Å². The van der Waals surface area contributed by atoms with Crippen LogP contribution in [0.25, 0.3) is 0 Å². The molecule has 1 aliphatic rings. The lowest BCUT2D eigenvalue weighted by Crippen LogP contribution is -2.50. The van der Waals surface area contributed by atoms with Crippen molar-refractivity contribution in [2.45, 2.75) is 64.4 Å². The summed E-state index contributed by atoms with van der Waals surface area (Å²) in [5, 5.41) is 19.7. The number of aliphatic carboxylic acids is 1. The SMILES string of the molecule is CC(C)C(O)(C(=O)O)C1CCCCCCC1. The van der Waals surface area contributed by atoms with Crippen LogP contribution in [0.5, 0.6) is 0 Å². The molecule has 1 saturated carbocycles. The lowest BCUT2D eigenvalue weighted by Gasteiger charge is -2.36. The largest absolute Gasteiger partial charge is 0.479 e. The number of rotatable bonds is 3. The molecule has 0 heterocycles. The van der Waals surface area contributed by atoms with Gasteiger partial charge >= 0.3 is 5.97 Å². The summed E-state index contributed by atoms with van der Waals surface area (Å²) in [6, 6.07) is 0.